The van der Waals surface area contributed by atoms with E-state index in [1.165, 1.54) is 36.6 Å². The van der Waals surface area contributed by atoms with Crippen molar-refractivity contribution >= 4 is 23.6 Å². The molecular weight excluding hydrogens is 322 g/mol. The van der Waals surface area contributed by atoms with Crippen LogP contribution in [0.15, 0.2) is 29.4 Å². The highest BCUT2D eigenvalue weighted by atomic mass is 32.2. The second-order valence-corrected chi connectivity index (χ2v) is 6.91. The Labute approximate surface area is 146 Å². The number of amides is 1. The van der Waals surface area contributed by atoms with Gasteiger partial charge in [0.25, 0.3) is 0 Å². The molecule has 0 bridgehead atoms. The van der Waals surface area contributed by atoms with Crippen LogP contribution in [0.3, 0.4) is 0 Å². The fourth-order valence-electron chi connectivity index (χ4n) is 2.78. The summed E-state index contributed by atoms with van der Waals surface area (Å²) in [6.45, 7) is 4.08. The van der Waals surface area contributed by atoms with E-state index < -0.39 is 0 Å². The first kappa shape index (κ1) is 16.8. The first-order valence-electron chi connectivity index (χ1n) is 8.30. The lowest BCUT2D eigenvalue weighted by molar-refractivity contribution is -0.118. The number of benzene rings is 1. The van der Waals surface area contributed by atoms with E-state index in [1.54, 1.807) is 7.05 Å². The predicted octanol–water partition coefficient (Wildman–Crippen LogP) is 2.40. The first-order valence-corrected chi connectivity index (χ1v) is 9.28. The van der Waals surface area contributed by atoms with Crippen LogP contribution in [0.25, 0.3) is 5.69 Å². The summed E-state index contributed by atoms with van der Waals surface area (Å²) < 4.78 is 2.07. The van der Waals surface area contributed by atoms with Crippen molar-refractivity contribution in [1.82, 2.24) is 20.1 Å². The Bertz CT molecular complexity index is 692. The largest absolute Gasteiger partial charge is 0.358 e. The standard InChI is InChI=1S/C17H23N5OS/c1-13-6-8-14(9-7-13)22-16(21-10-4-3-5-11-21)19-20-17(22)24-12-15(23)18-2/h6-9H,3-5,10-12H2,1-2H3,(H,18,23). The number of thioether (sulfide) groups is 1. The highest BCUT2D eigenvalue weighted by molar-refractivity contribution is 7.99. The van der Waals surface area contributed by atoms with E-state index in [4.69, 9.17) is 0 Å². The maximum Gasteiger partial charge on any atom is 0.232 e. The summed E-state index contributed by atoms with van der Waals surface area (Å²) in [6, 6.07) is 8.33. The fraction of sp³-hybridized carbons (Fsp3) is 0.471. The zero-order chi connectivity index (χ0) is 16.9. The number of carbonyl (C=O) groups is 1. The van der Waals surface area contributed by atoms with Gasteiger partial charge in [0.2, 0.25) is 11.9 Å². The van der Waals surface area contributed by atoms with Crippen LogP contribution in [0.1, 0.15) is 24.8 Å². The van der Waals surface area contributed by atoms with Gasteiger partial charge >= 0.3 is 0 Å². The zero-order valence-electron chi connectivity index (χ0n) is 14.2. The molecule has 1 amide bonds. The van der Waals surface area contributed by atoms with Crippen LogP contribution in [-0.2, 0) is 4.79 Å². The van der Waals surface area contributed by atoms with Gasteiger partial charge in [-0.25, -0.2) is 0 Å². The Morgan fingerprint density at radius 2 is 1.88 bits per heavy atom. The number of rotatable bonds is 5. The van der Waals surface area contributed by atoms with E-state index in [0.717, 1.165) is 29.9 Å². The van der Waals surface area contributed by atoms with Gasteiger partial charge in [-0.05, 0) is 38.3 Å². The Morgan fingerprint density at radius 1 is 1.17 bits per heavy atom. The normalized spacial score (nSPS) is 14.7. The molecule has 1 fully saturated rings. The highest BCUT2D eigenvalue weighted by Gasteiger charge is 2.21. The lowest BCUT2D eigenvalue weighted by Gasteiger charge is -2.27. The van der Waals surface area contributed by atoms with Gasteiger partial charge in [0, 0.05) is 20.1 Å². The maximum atomic E-state index is 11.6. The van der Waals surface area contributed by atoms with Gasteiger partial charge in [-0.3, -0.25) is 9.36 Å². The molecule has 1 aliphatic heterocycles. The Hall–Kier alpha value is -2.02. The molecular formula is C17H23N5OS. The molecule has 0 radical (unpaired) electrons. The van der Waals surface area contributed by atoms with Crippen LogP contribution in [0.5, 0.6) is 0 Å². The van der Waals surface area contributed by atoms with Crippen LogP contribution in [0, 0.1) is 6.92 Å². The molecule has 128 valence electrons. The van der Waals surface area contributed by atoms with Crippen molar-refractivity contribution < 1.29 is 4.79 Å². The van der Waals surface area contributed by atoms with Gasteiger partial charge in [0.05, 0.1) is 11.4 Å². The van der Waals surface area contributed by atoms with E-state index in [1.807, 2.05) is 0 Å². The van der Waals surface area contributed by atoms with Gasteiger partial charge in [0.15, 0.2) is 5.16 Å². The number of hydrogen-bond acceptors (Lipinski definition) is 5. The fourth-order valence-corrected chi connectivity index (χ4v) is 3.60. The number of anilines is 1. The molecule has 1 aliphatic rings. The summed E-state index contributed by atoms with van der Waals surface area (Å²) in [5.74, 6) is 1.19. The van der Waals surface area contributed by atoms with Crippen molar-refractivity contribution in [2.45, 2.75) is 31.3 Å². The molecule has 2 heterocycles. The summed E-state index contributed by atoms with van der Waals surface area (Å²) >= 11 is 1.41. The van der Waals surface area contributed by atoms with Gasteiger partial charge in [0.1, 0.15) is 0 Å². The number of nitrogens with zero attached hydrogens (tertiary/aromatic N) is 4. The molecule has 7 heteroatoms. The third-order valence-corrected chi connectivity index (χ3v) is 5.09. The second kappa shape index (κ2) is 7.70. The van der Waals surface area contributed by atoms with E-state index in [-0.39, 0.29) is 5.91 Å². The minimum Gasteiger partial charge on any atom is -0.358 e. The van der Waals surface area contributed by atoms with Crippen molar-refractivity contribution in [3.63, 3.8) is 0 Å². The molecule has 1 saturated heterocycles. The molecule has 0 aliphatic carbocycles. The molecule has 2 aromatic rings. The monoisotopic (exact) mass is 345 g/mol. The Kier molecular flexibility index (Phi) is 5.40. The quantitative estimate of drug-likeness (QED) is 0.843. The average Bonchev–Trinajstić information content (AvgIpc) is 3.05. The second-order valence-electron chi connectivity index (χ2n) is 5.96. The van der Waals surface area contributed by atoms with Crippen molar-refractivity contribution in [3.8, 4) is 5.69 Å². The smallest absolute Gasteiger partial charge is 0.232 e. The minimum atomic E-state index is -0.0158. The molecule has 1 N–H and O–H groups in total. The summed E-state index contributed by atoms with van der Waals surface area (Å²) in [6.07, 6.45) is 3.64. The average molecular weight is 345 g/mol. The molecule has 1 aromatic heterocycles. The Balaban J connectivity index is 1.94. The number of nitrogens with one attached hydrogen (secondary N) is 1. The number of aryl methyl sites for hydroxylation is 1. The highest BCUT2D eigenvalue weighted by Crippen LogP contribution is 2.28. The van der Waals surface area contributed by atoms with Crippen molar-refractivity contribution in [3.05, 3.63) is 29.8 Å². The van der Waals surface area contributed by atoms with E-state index in [9.17, 15) is 4.79 Å². The van der Waals surface area contributed by atoms with Crippen molar-refractivity contribution in [2.75, 3.05) is 30.8 Å². The summed E-state index contributed by atoms with van der Waals surface area (Å²) in [4.78, 5) is 13.9. The van der Waals surface area contributed by atoms with Gasteiger partial charge in [-0.1, -0.05) is 29.5 Å². The molecule has 0 spiro atoms. The van der Waals surface area contributed by atoms with Crippen LogP contribution >= 0.6 is 11.8 Å². The number of piperidine rings is 1. The zero-order valence-corrected chi connectivity index (χ0v) is 15.0. The third kappa shape index (κ3) is 3.72. The van der Waals surface area contributed by atoms with Gasteiger partial charge < -0.3 is 10.2 Å². The topological polar surface area (TPSA) is 63.1 Å². The SMILES string of the molecule is CNC(=O)CSc1nnc(N2CCCCC2)n1-c1ccc(C)cc1. The van der Waals surface area contributed by atoms with Crippen LogP contribution in [0.2, 0.25) is 0 Å². The van der Waals surface area contributed by atoms with Crippen LogP contribution in [-0.4, -0.2) is 46.6 Å². The molecule has 0 saturated carbocycles. The molecule has 1 aromatic carbocycles. The van der Waals surface area contributed by atoms with Crippen LogP contribution in [0.4, 0.5) is 5.95 Å². The number of carbonyl (C=O) groups excluding carboxylic acids is 1. The first-order chi connectivity index (χ1) is 11.7. The predicted molar refractivity (Wildman–Crippen MR) is 97.0 cm³/mol. The minimum absolute atomic E-state index is 0.0158. The van der Waals surface area contributed by atoms with Crippen LogP contribution < -0.4 is 10.2 Å². The van der Waals surface area contributed by atoms with Crippen molar-refractivity contribution in [2.24, 2.45) is 0 Å². The molecule has 24 heavy (non-hydrogen) atoms. The van der Waals surface area contributed by atoms with E-state index in [2.05, 4.69) is 56.2 Å². The Morgan fingerprint density at radius 3 is 2.54 bits per heavy atom. The van der Waals surface area contributed by atoms with Gasteiger partial charge in [-0.15, -0.1) is 10.2 Å². The lowest BCUT2D eigenvalue weighted by atomic mass is 10.1. The van der Waals surface area contributed by atoms with E-state index >= 15 is 0 Å². The van der Waals surface area contributed by atoms with Gasteiger partial charge in [-0.2, -0.15) is 0 Å². The molecule has 3 rings (SSSR count). The molecule has 0 unspecified atom stereocenters. The molecule has 6 nitrogen and oxygen atoms in total. The lowest BCUT2D eigenvalue weighted by Crippen LogP contribution is -2.31. The summed E-state index contributed by atoms with van der Waals surface area (Å²) in [5, 5.41) is 12.2. The summed E-state index contributed by atoms with van der Waals surface area (Å²) in [5.41, 5.74) is 2.25. The van der Waals surface area contributed by atoms with E-state index in [0.29, 0.717) is 5.75 Å². The summed E-state index contributed by atoms with van der Waals surface area (Å²) in [7, 11) is 1.65. The third-order valence-electron chi connectivity index (χ3n) is 4.16. The van der Waals surface area contributed by atoms with Crippen molar-refractivity contribution in [1.29, 1.82) is 0 Å². The number of aromatic nitrogens is 3. The number of hydrogen-bond donors (Lipinski definition) is 1. The maximum absolute atomic E-state index is 11.6. The molecule has 0 atom stereocenters.